The summed E-state index contributed by atoms with van der Waals surface area (Å²) < 4.78 is 26.7. The monoisotopic (exact) mass is 581 g/mol. The van der Waals surface area contributed by atoms with Gasteiger partial charge in [-0.05, 0) is 56.2 Å². The van der Waals surface area contributed by atoms with Crippen LogP contribution in [0.4, 0.5) is 9.59 Å². The Balaban J connectivity index is 3.34. The molecule has 0 fully saturated rings. The second kappa shape index (κ2) is 18.2. The summed E-state index contributed by atoms with van der Waals surface area (Å²) in [5.41, 5.74) is 6.45. The van der Waals surface area contributed by atoms with Crippen molar-refractivity contribution in [3.63, 3.8) is 0 Å². The second-order valence-electron chi connectivity index (χ2n) is 10.6. The van der Waals surface area contributed by atoms with Crippen LogP contribution in [0, 0.1) is 11.8 Å². The van der Waals surface area contributed by atoms with Gasteiger partial charge in [-0.3, -0.25) is 9.59 Å². The first-order valence-electron chi connectivity index (χ1n) is 14.4. The maximum Gasteiger partial charge on any atom is 0.514 e. The Labute approximate surface area is 243 Å². The molecule has 1 rings (SSSR count). The molecule has 0 aliphatic rings. The molecule has 41 heavy (non-hydrogen) atoms. The molecule has 0 spiro atoms. The van der Waals surface area contributed by atoms with E-state index in [9.17, 15) is 24.3 Å². The van der Waals surface area contributed by atoms with Gasteiger partial charge in [0.25, 0.3) is 0 Å². The van der Waals surface area contributed by atoms with Gasteiger partial charge < -0.3 is 34.5 Å². The summed E-state index contributed by atoms with van der Waals surface area (Å²) in [5, 5.41) is 9.73. The molecule has 5 unspecified atom stereocenters. The molecule has 0 saturated heterocycles. The Morgan fingerprint density at radius 1 is 0.854 bits per heavy atom. The molecule has 11 heteroatoms. The van der Waals surface area contributed by atoms with Crippen LogP contribution < -0.4 is 15.2 Å². The van der Waals surface area contributed by atoms with E-state index in [2.05, 4.69) is 0 Å². The van der Waals surface area contributed by atoms with Crippen molar-refractivity contribution in [2.24, 2.45) is 17.6 Å². The number of carboxylic acid groups (broad SMARTS) is 1. The van der Waals surface area contributed by atoms with Crippen LogP contribution >= 0.6 is 0 Å². The lowest BCUT2D eigenvalue weighted by Gasteiger charge is -2.28. The van der Waals surface area contributed by atoms with Crippen molar-refractivity contribution in [3.05, 3.63) is 23.8 Å². The average molecular weight is 582 g/mol. The quantitative estimate of drug-likeness (QED) is 0.122. The number of rotatable bonds is 17. The summed E-state index contributed by atoms with van der Waals surface area (Å²) in [7, 11) is 0. The van der Waals surface area contributed by atoms with Crippen LogP contribution in [0.25, 0.3) is 0 Å². The minimum atomic E-state index is -1.38. The Morgan fingerprint density at radius 3 is 1.88 bits per heavy atom. The Hall–Kier alpha value is -3.34. The maximum atomic E-state index is 12.6. The van der Waals surface area contributed by atoms with Crippen LogP contribution in [-0.2, 0) is 23.8 Å². The number of esters is 1. The van der Waals surface area contributed by atoms with Gasteiger partial charge in [0, 0.05) is 12.3 Å². The smallest absolute Gasteiger partial charge is 0.480 e. The van der Waals surface area contributed by atoms with Gasteiger partial charge in [0.2, 0.25) is 0 Å². The van der Waals surface area contributed by atoms with Crippen LogP contribution in [0.3, 0.4) is 0 Å². The van der Waals surface area contributed by atoms with E-state index in [0.29, 0.717) is 18.4 Å². The molecule has 232 valence electrons. The molecule has 0 radical (unpaired) electrons. The molecule has 0 amide bonds. The van der Waals surface area contributed by atoms with Crippen molar-refractivity contribution < 1.29 is 48.0 Å². The van der Waals surface area contributed by atoms with Gasteiger partial charge in [-0.1, -0.05) is 59.9 Å². The van der Waals surface area contributed by atoms with Gasteiger partial charge in [-0.2, -0.15) is 0 Å². The third-order valence-electron chi connectivity index (χ3n) is 6.73. The number of aliphatic carboxylic acids is 1. The number of ether oxygens (including phenoxy) is 5. The maximum absolute atomic E-state index is 12.6. The molecule has 0 aliphatic heterocycles. The number of benzene rings is 1. The average Bonchev–Trinajstić information content (AvgIpc) is 2.88. The molecule has 0 saturated carbocycles. The normalized spacial score (nSPS) is 15.4. The first-order valence-corrected chi connectivity index (χ1v) is 14.4. The minimum absolute atomic E-state index is 0.0758. The van der Waals surface area contributed by atoms with Gasteiger partial charge in [0.05, 0.1) is 6.61 Å². The Morgan fingerprint density at radius 2 is 1.39 bits per heavy atom. The van der Waals surface area contributed by atoms with E-state index in [1.807, 2.05) is 27.7 Å². The first kappa shape index (κ1) is 35.7. The predicted octanol–water partition coefficient (Wildman–Crippen LogP) is 6.21. The first-order chi connectivity index (χ1) is 19.3. The molecule has 11 nitrogen and oxygen atoms in total. The fraction of sp³-hybridized carbons (Fsp3) is 0.667. The van der Waals surface area contributed by atoms with E-state index in [1.54, 1.807) is 20.8 Å². The Bertz CT molecular complexity index is 997. The van der Waals surface area contributed by atoms with E-state index in [-0.39, 0.29) is 36.4 Å². The number of nitrogens with two attached hydrogens (primary N) is 1. The van der Waals surface area contributed by atoms with Crippen LogP contribution in [0.2, 0.25) is 0 Å². The molecule has 3 N–H and O–H groups in total. The predicted molar refractivity (Wildman–Crippen MR) is 152 cm³/mol. The number of hydrogen-bond donors (Lipinski definition) is 2. The highest BCUT2D eigenvalue weighted by molar-refractivity contribution is 5.75. The zero-order chi connectivity index (χ0) is 31.1. The lowest BCUT2D eigenvalue weighted by Crippen LogP contribution is -2.40. The van der Waals surface area contributed by atoms with E-state index in [1.165, 1.54) is 18.2 Å². The fourth-order valence-corrected chi connectivity index (χ4v) is 4.24. The number of carbonyl (C=O) groups excluding carboxylic acids is 3. The highest BCUT2D eigenvalue weighted by Gasteiger charge is 2.33. The van der Waals surface area contributed by atoms with Gasteiger partial charge in [0.1, 0.15) is 18.2 Å². The zero-order valence-electron chi connectivity index (χ0n) is 25.3. The molecule has 6 atom stereocenters. The standard InChI is InChI=1S/C30H47NO10/c1-8-11-20(6)38-29(35)40-23-14-13-22(16-24(23)41-30(36)39-21(7)12-9-2)26(27(31)28(33)34)19(5)17-37-25(32)15-18(4)10-3/h13-14,16,18-21,26-27H,8-12,15,17,31H2,1-7H3,(H,33,34)/t18?,19?,20?,21?,26?,27-/m0/s1. The van der Waals surface area contributed by atoms with Crippen LogP contribution in [0.15, 0.2) is 18.2 Å². The van der Waals surface area contributed by atoms with Gasteiger partial charge in [-0.15, -0.1) is 0 Å². The van der Waals surface area contributed by atoms with E-state index in [4.69, 9.17) is 29.4 Å². The second-order valence-corrected chi connectivity index (χ2v) is 10.6. The van der Waals surface area contributed by atoms with Gasteiger partial charge in [0.15, 0.2) is 11.5 Å². The summed E-state index contributed by atoms with van der Waals surface area (Å²) in [6, 6.07) is 2.87. The third-order valence-corrected chi connectivity index (χ3v) is 6.73. The van der Waals surface area contributed by atoms with Crippen molar-refractivity contribution in [2.75, 3.05) is 6.61 Å². The van der Waals surface area contributed by atoms with Crippen molar-refractivity contribution in [2.45, 2.75) is 111 Å². The number of carbonyl (C=O) groups is 4. The molecule has 0 aromatic heterocycles. The molecular formula is C30H47NO10. The lowest BCUT2D eigenvalue weighted by atomic mass is 9.82. The van der Waals surface area contributed by atoms with Gasteiger partial charge in [-0.25, -0.2) is 9.59 Å². The molecular weight excluding hydrogens is 534 g/mol. The molecule has 1 aromatic rings. The highest BCUT2D eigenvalue weighted by Crippen LogP contribution is 2.36. The third kappa shape index (κ3) is 12.8. The molecule has 0 bridgehead atoms. The number of carboxylic acids is 1. The van der Waals surface area contributed by atoms with Crippen molar-refractivity contribution in [1.29, 1.82) is 0 Å². The summed E-state index contributed by atoms with van der Waals surface area (Å²) in [4.78, 5) is 49.1. The summed E-state index contributed by atoms with van der Waals surface area (Å²) in [6.07, 6.45) is 1.08. The molecule has 0 heterocycles. The van der Waals surface area contributed by atoms with Crippen molar-refractivity contribution in [1.82, 2.24) is 0 Å². The number of hydrogen-bond acceptors (Lipinski definition) is 10. The van der Waals surface area contributed by atoms with E-state index >= 15 is 0 Å². The Kier molecular flexibility index (Phi) is 15.8. The highest BCUT2D eigenvalue weighted by atomic mass is 16.7. The van der Waals surface area contributed by atoms with E-state index < -0.39 is 48.4 Å². The minimum Gasteiger partial charge on any atom is -0.480 e. The summed E-state index contributed by atoms with van der Waals surface area (Å²) in [5.74, 6) is -3.20. The molecule has 0 aliphatic carbocycles. The largest absolute Gasteiger partial charge is 0.514 e. The summed E-state index contributed by atoms with van der Waals surface area (Å²) in [6.45, 7) is 12.9. The summed E-state index contributed by atoms with van der Waals surface area (Å²) >= 11 is 0. The molecule has 1 aromatic carbocycles. The fourth-order valence-electron chi connectivity index (χ4n) is 4.24. The SMILES string of the molecule is CCCC(C)OC(=O)Oc1ccc(C(C(C)COC(=O)CC(C)CC)[C@H](N)C(=O)O)cc1OC(=O)OC(C)CCC. The zero-order valence-corrected chi connectivity index (χ0v) is 25.3. The van der Waals surface area contributed by atoms with Gasteiger partial charge >= 0.3 is 24.2 Å². The van der Waals surface area contributed by atoms with E-state index in [0.717, 1.165) is 19.3 Å². The van der Waals surface area contributed by atoms with Crippen molar-refractivity contribution >= 4 is 24.2 Å². The van der Waals surface area contributed by atoms with Crippen LogP contribution in [0.5, 0.6) is 11.5 Å². The van der Waals surface area contributed by atoms with Crippen LogP contribution in [-0.4, -0.2) is 54.2 Å². The van der Waals surface area contributed by atoms with Crippen molar-refractivity contribution in [3.8, 4) is 11.5 Å². The van der Waals surface area contributed by atoms with Crippen LogP contribution in [0.1, 0.15) is 98.5 Å². The topological polar surface area (TPSA) is 161 Å². The lowest BCUT2D eigenvalue weighted by molar-refractivity contribution is -0.146.